The topological polar surface area (TPSA) is 90.5 Å². The first-order valence-corrected chi connectivity index (χ1v) is 13.4. The van der Waals surface area contributed by atoms with Gasteiger partial charge in [0.2, 0.25) is 5.95 Å². The van der Waals surface area contributed by atoms with Crippen LogP contribution < -0.4 is 10.6 Å². The molecule has 39 heavy (non-hydrogen) atoms. The number of nitrogens with one attached hydrogen (secondary N) is 2. The number of carbonyl (C=O) groups is 2. The molecule has 202 valence electrons. The SMILES string of the molecule is C=CC(C)N/C(S)=C(\C)C(=O)N1CCN(C(=O)c2ccc(Nc3nccc(-c4ccc(Cl)cc4)n3)cc2)CC1. The smallest absolute Gasteiger partial charge is 0.253 e. The molecule has 3 aromatic rings. The van der Waals surface area contributed by atoms with Gasteiger partial charge in [-0.1, -0.05) is 29.8 Å². The lowest BCUT2D eigenvalue weighted by Crippen LogP contribution is -2.51. The lowest BCUT2D eigenvalue weighted by atomic mass is 10.1. The molecule has 10 heteroatoms. The second kappa shape index (κ2) is 12.8. The number of nitrogens with zero attached hydrogens (tertiary/aromatic N) is 4. The van der Waals surface area contributed by atoms with E-state index in [4.69, 9.17) is 11.6 Å². The van der Waals surface area contributed by atoms with E-state index in [0.717, 1.165) is 16.9 Å². The van der Waals surface area contributed by atoms with Crippen molar-refractivity contribution in [3.63, 3.8) is 0 Å². The van der Waals surface area contributed by atoms with Crippen molar-refractivity contribution in [2.45, 2.75) is 19.9 Å². The summed E-state index contributed by atoms with van der Waals surface area (Å²) in [5.74, 6) is 0.289. The van der Waals surface area contributed by atoms with Crippen LogP contribution in [0.3, 0.4) is 0 Å². The Morgan fingerprint density at radius 2 is 1.67 bits per heavy atom. The van der Waals surface area contributed by atoms with Gasteiger partial charge in [0, 0.05) is 65.8 Å². The number of aromatic nitrogens is 2. The first kappa shape index (κ1) is 28.2. The Labute approximate surface area is 239 Å². The summed E-state index contributed by atoms with van der Waals surface area (Å²) in [7, 11) is 0. The van der Waals surface area contributed by atoms with E-state index < -0.39 is 0 Å². The van der Waals surface area contributed by atoms with Crippen LogP contribution in [0.1, 0.15) is 24.2 Å². The number of carbonyl (C=O) groups excluding carboxylic acids is 2. The van der Waals surface area contributed by atoms with E-state index in [0.29, 0.717) is 53.3 Å². The minimum absolute atomic E-state index is 0.00311. The molecule has 0 aliphatic carbocycles. The fourth-order valence-electron chi connectivity index (χ4n) is 4.04. The number of hydrogen-bond donors (Lipinski definition) is 3. The van der Waals surface area contributed by atoms with Crippen LogP contribution in [0, 0.1) is 0 Å². The molecule has 1 aromatic heterocycles. The second-order valence-electron chi connectivity index (χ2n) is 9.20. The zero-order chi connectivity index (χ0) is 27.9. The fourth-order valence-corrected chi connectivity index (χ4v) is 4.47. The van der Waals surface area contributed by atoms with Crippen LogP contribution in [-0.4, -0.2) is 63.8 Å². The molecule has 1 saturated heterocycles. The monoisotopic (exact) mass is 562 g/mol. The van der Waals surface area contributed by atoms with Crippen LogP contribution >= 0.6 is 24.2 Å². The summed E-state index contributed by atoms with van der Waals surface area (Å²) >= 11 is 10.4. The average Bonchev–Trinajstić information content (AvgIpc) is 2.97. The molecule has 1 atom stereocenters. The van der Waals surface area contributed by atoms with Crippen molar-refractivity contribution in [3.05, 3.63) is 94.6 Å². The number of thiol groups is 1. The van der Waals surface area contributed by atoms with Crippen molar-refractivity contribution < 1.29 is 9.59 Å². The quantitative estimate of drug-likeness (QED) is 0.200. The summed E-state index contributed by atoms with van der Waals surface area (Å²) in [5, 5.41) is 7.51. The zero-order valence-corrected chi connectivity index (χ0v) is 23.5. The Morgan fingerprint density at radius 3 is 2.31 bits per heavy atom. The molecule has 1 aliphatic heterocycles. The highest BCUT2D eigenvalue weighted by Gasteiger charge is 2.26. The summed E-state index contributed by atoms with van der Waals surface area (Å²) in [4.78, 5) is 38.4. The van der Waals surface area contributed by atoms with Gasteiger partial charge in [-0.25, -0.2) is 9.97 Å². The summed E-state index contributed by atoms with van der Waals surface area (Å²) in [5.41, 5.74) is 3.58. The second-order valence-corrected chi connectivity index (χ2v) is 10.1. The number of piperazine rings is 1. The number of hydrogen-bond acceptors (Lipinski definition) is 7. The van der Waals surface area contributed by atoms with Gasteiger partial charge < -0.3 is 20.4 Å². The van der Waals surface area contributed by atoms with E-state index in [1.54, 1.807) is 41.1 Å². The fraction of sp³-hybridized carbons (Fsp3) is 0.241. The summed E-state index contributed by atoms with van der Waals surface area (Å²) in [6, 6.07) is 16.5. The van der Waals surface area contributed by atoms with Gasteiger partial charge in [-0.05, 0) is 56.3 Å². The van der Waals surface area contributed by atoms with Crippen LogP contribution in [0.15, 0.2) is 84.1 Å². The maximum atomic E-state index is 13.1. The van der Waals surface area contributed by atoms with Crippen molar-refractivity contribution >= 4 is 47.7 Å². The van der Waals surface area contributed by atoms with Gasteiger partial charge >= 0.3 is 0 Å². The highest BCUT2D eigenvalue weighted by Crippen LogP contribution is 2.22. The zero-order valence-electron chi connectivity index (χ0n) is 21.9. The standard InChI is InChI=1S/C29H31ClN6O2S/c1-4-19(2)32-26(39)20(3)27(37)35-15-17-36(18-16-35)28(38)22-7-11-24(12-8-22)33-29-31-14-13-25(34-29)21-5-9-23(30)10-6-21/h4-14,19,32,39H,1,15-18H2,2-3H3,(H,31,33,34)/b26-20-. The molecule has 0 bridgehead atoms. The van der Waals surface area contributed by atoms with E-state index >= 15 is 0 Å². The Kier molecular flexibility index (Phi) is 9.27. The largest absolute Gasteiger partial charge is 0.374 e. The molecule has 0 saturated carbocycles. The molecule has 0 spiro atoms. The molecule has 2 N–H and O–H groups in total. The van der Waals surface area contributed by atoms with Crippen LogP contribution in [0.4, 0.5) is 11.6 Å². The predicted molar refractivity (Wildman–Crippen MR) is 159 cm³/mol. The van der Waals surface area contributed by atoms with Crippen LogP contribution in [0.2, 0.25) is 5.02 Å². The molecular formula is C29H31ClN6O2S. The predicted octanol–water partition coefficient (Wildman–Crippen LogP) is 5.15. The number of benzene rings is 2. The van der Waals surface area contributed by atoms with Gasteiger partial charge in [-0.3, -0.25) is 9.59 Å². The minimum Gasteiger partial charge on any atom is -0.374 e. The van der Waals surface area contributed by atoms with Crippen LogP contribution in [0.25, 0.3) is 11.3 Å². The van der Waals surface area contributed by atoms with Crippen molar-refractivity contribution in [1.29, 1.82) is 0 Å². The lowest BCUT2D eigenvalue weighted by Gasteiger charge is -2.35. The third-order valence-electron chi connectivity index (χ3n) is 6.43. The van der Waals surface area contributed by atoms with E-state index in [1.165, 1.54) is 0 Å². The Hall–Kier alpha value is -3.82. The van der Waals surface area contributed by atoms with Gasteiger partial charge in [0.05, 0.1) is 10.7 Å². The molecule has 4 rings (SSSR count). The van der Waals surface area contributed by atoms with Gasteiger partial charge in [0.25, 0.3) is 11.8 Å². The normalized spacial score (nSPS) is 14.8. The molecule has 0 radical (unpaired) electrons. The summed E-state index contributed by atoms with van der Waals surface area (Å²) in [6.45, 7) is 9.25. The Bertz CT molecular complexity index is 1370. The highest BCUT2D eigenvalue weighted by molar-refractivity contribution is 7.84. The number of halogens is 1. The summed E-state index contributed by atoms with van der Waals surface area (Å²) < 4.78 is 0. The number of amides is 2. The van der Waals surface area contributed by atoms with Crippen LogP contribution in [0.5, 0.6) is 0 Å². The first-order valence-electron chi connectivity index (χ1n) is 12.6. The van der Waals surface area contributed by atoms with Gasteiger partial charge in [-0.2, -0.15) is 0 Å². The Balaban J connectivity index is 1.33. The number of rotatable bonds is 8. The third-order valence-corrected chi connectivity index (χ3v) is 7.15. The van der Waals surface area contributed by atoms with E-state index in [1.807, 2.05) is 49.4 Å². The van der Waals surface area contributed by atoms with Crippen molar-refractivity contribution in [3.8, 4) is 11.3 Å². The number of anilines is 2. The van der Waals surface area contributed by atoms with Crippen LogP contribution in [-0.2, 0) is 4.79 Å². The van der Waals surface area contributed by atoms with Gasteiger partial charge in [0.15, 0.2) is 0 Å². The highest BCUT2D eigenvalue weighted by atomic mass is 35.5. The van der Waals surface area contributed by atoms with Crippen molar-refractivity contribution in [2.75, 3.05) is 31.5 Å². The molecule has 1 fully saturated rings. The molecular weight excluding hydrogens is 532 g/mol. The molecule has 2 amide bonds. The maximum Gasteiger partial charge on any atom is 0.253 e. The minimum atomic E-state index is -0.0892. The molecule has 2 aromatic carbocycles. The molecule has 1 aliphatic rings. The van der Waals surface area contributed by atoms with Gasteiger partial charge in [0.1, 0.15) is 0 Å². The maximum absolute atomic E-state index is 13.1. The van der Waals surface area contributed by atoms with E-state index in [-0.39, 0.29) is 17.9 Å². The lowest BCUT2D eigenvalue weighted by molar-refractivity contribution is -0.128. The molecule has 1 unspecified atom stereocenters. The molecule has 8 nitrogen and oxygen atoms in total. The first-order chi connectivity index (χ1) is 18.7. The van der Waals surface area contributed by atoms with E-state index in [9.17, 15) is 9.59 Å². The Morgan fingerprint density at radius 1 is 1.03 bits per heavy atom. The van der Waals surface area contributed by atoms with E-state index in [2.05, 4.69) is 39.8 Å². The van der Waals surface area contributed by atoms with Crippen molar-refractivity contribution in [2.24, 2.45) is 0 Å². The third kappa shape index (κ3) is 7.19. The van der Waals surface area contributed by atoms with Crippen molar-refractivity contribution in [1.82, 2.24) is 25.1 Å². The summed E-state index contributed by atoms with van der Waals surface area (Å²) in [6.07, 6.45) is 3.43. The molecule has 2 heterocycles. The van der Waals surface area contributed by atoms with Gasteiger partial charge in [-0.15, -0.1) is 19.2 Å². The average molecular weight is 563 g/mol.